The van der Waals surface area contributed by atoms with Crippen molar-refractivity contribution < 1.29 is 14.3 Å². The predicted octanol–water partition coefficient (Wildman–Crippen LogP) is 1.52. The normalized spacial score (nSPS) is 16.7. The number of amides is 2. The van der Waals surface area contributed by atoms with Crippen molar-refractivity contribution in [2.24, 2.45) is 7.05 Å². The first-order valence-electron chi connectivity index (χ1n) is 8.20. The van der Waals surface area contributed by atoms with Crippen molar-refractivity contribution in [2.45, 2.75) is 32.4 Å². The lowest BCUT2D eigenvalue weighted by Crippen LogP contribution is -2.48. The average Bonchev–Trinajstić information content (AvgIpc) is 3.16. The topological polar surface area (TPSA) is 76.5 Å². The molecule has 7 heteroatoms. The highest BCUT2D eigenvalue weighted by Gasteiger charge is 2.33. The molecule has 0 aliphatic carbocycles. The molecule has 1 aliphatic heterocycles. The number of carbonyl (C=O) groups excluding carboxylic acids is 2. The molecule has 0 unspecified atom stereocenters. The van der Waals surface area contributed by atoms with Crippen LogP contribution in [0.5, 0.6) is 5.75 Å². The van der Waals surface area contributed by atoms with E-state index in [9.17, 15) is 9.59 Å². The lowest BCUT2D eigenvalue weighted by atomic mass is 10.0. The molecule has 0 saturated heterocycles. The molecular weight excluding hydrogens is 320 g/mol. The summed E-state index contributed by atoms with van der Waals surface area (Å²) in [5.41, 5.74) is 2.01. The SMILES string of the molecule is Cc1cc(NC(=O)C(=O)N(C)[C@@H](C)[C@H]2Cc3ccccc3O2)nn1C. The Morgan fingerprint density at radius 1 is 1.40 bits per heavy atom. The molecule has 2 atom stereocenters. The summed E-state index contributed by atoms with van der Waals surface area (Å²) in [6, 6.07) is 9.29. The lowest BCUT2D eigenvalue weighted by molar-refractivity contribution is -0.144. The number of carbonyl (C=O) groups is 2. The Kier molecular flexibility index (Phi) is 4.48. The van der Waals surface area contributed by atoms with Crippen LogP contribution in [0.1, 0.15) is 18.2 Å². The number of anilines is 1. The predicted molar refractivity (Wildman–Crippen MR) is 93.4 cm³/mol. The monoisotopic (exact) mass is 342 g/mol. The van der Waals surface area contributed by atoms with Gasteiger partial charge in [0.15, 0.2) is 5.82 Å². The number of rotatable bonds is 3. The van der Waals surface area contributed by atoms with Crippen LogP contribution in [0.3, 0.4) is 0 Å². The zero-order chi connectivity index (χ0) is 18.1. The molecule has 3 rings (SSSR count). The lowest BCUT2D eigenvalue weighted by Gasteiger charge is -2.28. The van der Waals surface area contributed by atoms with E-state index in [1.165, 1.54) is 4.90 Å². The molecular formula is C18H22N4O3. The van der Waals surface area contributed by atoms with Gasteiger partial charge >= 0.3 is 11.8 Å². The van der Waals surface area contributed by atoms with E-state index < -0.39 is 11.8 Å². The molecule has 0 spiro atoms. The Balaban J connectivity index is 1.62. The summed E-state index contributed by atoms with van der Waals surface area (Å²) in [7, 11) is 3.39. The number of aromatic nitrogens is 2. The molecule has 0 radical (unpaired) electrons. The number of ether oxygens (including phenoxy) is 1. The van der Waals surface area contributed by atoms with Crippen LogP contribution in [-0.2, 0) is 23.1 Å². The highest BCUT2D eigenvalue weighted by atomic mass is 16.5. The maximum Gasteiger partial charge on any atom is 0.315 e. The molecule has 0 saturated carbocycles. The second-order valence-electron chi connectivity index (χ2n) is 6.37. The van der Waals surface area contributed by atoms with Gasteiger partial charge in [0, 0.05) is 32.3 Å². The molecule has 0 bridgehead atoms. The van der Waals surface area contributed by atoms with E-state index in [2.05, 4.69) is 10.4 Å². The highest BCUT2D eigenvalue weighted by Crippen LogP contribution is 2.30. The molecule has 132 valence electrons. The molecule has 25 heavy (non-hydrogen) atoms. The van der Waals surface area contributed by atoms with Crippen molar-refractivity contribution in [2.75, 3.05) is 12.4 Å². The van der Waals surface area contributed by atoms with Gasteiger partial charge in [-0.2, -0.15) is 5.10 Å². The molecule has 1 aromatic heterocycles. The Morgan fingerprint density at radius 3 is 2.76 bits per heavy atom. The summed E-state index contributed by atoms with van der Waals surface area (Å²) < 4.78 is 7.55. The number of para-hydroxylation sites is 1. The van der Waals surface area contributed by atoms with Gasteiger partial charge in [0.25, 0.3) is 0 Å². The number of aryl methyl sites for hydroxylation is 2. The number of benzene rings is 1. The smallest absolute Gasteiger partial charge is 0.315 e. The number of fused-ring (bicyclic) bond motifs is 1. The van der Waals surface area contributed by atoms with Crippen molar-refractivity contribution in [1.29, 1.82) is 0 Å². The standard InChI is InChI=1S/C18H22N4O3/c1-11-9-16(20-22(11)4)19-17(23)18(24)21(3)12(2)15-10-13-7-5-6-8-14(13)25-15/h5-9,12,15H,10H2,1-4H3,(H,19,20,23)/t12-,15+/m0/s1. The first-order valence-corrected chi connectivity index (χ1v) is 8.20. The van der Waals surface area contributed by atoms with E-state index in [4.69, 9.17) is 4.74 Å². The number of nitrogens with zero attached hydrogens (tertiary/aromatic N) is 3. The van der Waals surface area contributed by atoms with Crippen molar-refractivity contribution in [1.82, 2.24) is 14.7 Å². The van der Waals surface area contributed by atoms with Crippen LogP contribution in [0.15, 0.2) is 30.3 Å². The molecule has 2 aromatic rings. The van der Waals surface area contributed by atoms with Crippen LogP contribution in [0.2, 0.25) is 0 Å². The van der Waals surface area contributed by atoms with Gasteiger partial charge < -0.3 is 15.0 Å². The molecule has 2 amide bonds. The molecule has 7 nitrogen and oxygen atoms in total. The molecule has 1 aromatic carbocycles. The Hall–Kier alpha value is -2.83. The van der Waals surface area contributed by atoms with Gasteiger partial charge in [0.05, 0.1) is 6.04 Å². The summed E-state index contributed by atoms with van der Waals surface area (Å²) in [6.07, 6.45) is 0.548. The fourth-order valence-corrected chi connectivity index (χ4v) is 2.86. The van der Waals surface area contributed by atoms with Gasteiger partial charge in [0.2, 0.25) is 0 Å². The quantitative estimate of drug-likeness (QED) is 0.858. The Labute approximate surface area is 146 Å². The Bertz CT molecular complexity index is 770. The third-order valence-corrected chi connectivity index (χ3v) is 4.69. The second kappa shape index (κ2) is 6.58. The van der Waals surface area contributed by atoms with Crippen molar-refractivity contribution in [3.8, 4) is 5.75 Å². The highest BCUT2D eigenvalue weighted by molar-refractivity contribution is 6.39. The van der Waals surface area contributed by atoms with Crippen LogP contribution in [-0.4, -0.2) is 45.7 Å². The summed E-state index contributed by atoms with van der Waals surface area (Å²) in [5.74, 6) is -0.115. The van der Waals surface area contributed by atoms with Crippen LogP contribution >= 0.6 is 0 Å². The van der Waals surface area contributed by atoms with Crippen molar-refractivity contribution in [3.05, 3.63) is 41.6 Å². The summed E-state index contributed by atoms with van der Waals surface area (Å²) in [6.45, 7) is 3.75. The largest absolute Gasteiger partial charge is 0.488 e. The summed E-state index contributed by atoms with van der Waals surface area (Å²) >= 11 is 0. The van der Waals surface area contributed by atoms with Crippen LogP contribution in [0.4, 0.5) is 5.82 Å². The molecule has 0 fully saturated rings. The maximum atomic E-state index is 12.4. The van der Waals surface area contributed by atoms with Gasteiger partial charge in [-0.15, -0.1) is 0 Å². The Morgan fingerprint density at radius 2 is 2.12 bits per heavy atom. The zero-order valence-electron chi connectivity index (χ0n) is 14.8. The summed E-state index contributed by atoms with van der Waals surface area (Å²) in [4.78, 5) is 26.1. The van der Waals surface area contributed by atoms with Gasteiger partial charge in [-0.25, -0.2) is 0 Å². The van der Waals surface area contributed by atoms with Gasteiger partial charge in [0.1, 0.15) is 11.9 Å². The minimum atomic E-state index is -0.706. The van der Waals surface area contributed by atoms with Gasteiger partial charge in [-0.3, -0.25) is 14.3 Å². The number of likely N-dealkylation sites (N-methyl/N-ethyl adjacent to an activating group) is 1. The third kappa shape index (κ3) is 3.35. The minimum Gasteiger partial charge on any atom is -0.488 e. The van der Waals surface area contributed by atoms with Gasteiger partial charge in [-0.1, -0.05) is 18.2 Å². The van der Waals surface area contributed by atoms with E-state index in [-0.39, 0.29) is 12.1 Å². The minimum absolute atomic E-state index is 0.170. The fraction of sp³-hybridized carbons (Fsp3) is 0.389. The van der Waals surface area contributed by atoms with E-state index in [1.807, 2.05) is 38.1 Å². The van der Waals surface area contributed by atoms with Gasteiger partial charge in [-0.05, 0) is 25.5 Å². The fourth-order valence-electron chi connectivity index (χ4n) is 2.86. The van der Waals surface area contributed by atoms with Crippen molar-refractivity contribution in [3.63, 3.8) is 0 Å². The number of hydrogen-bond acceptors (Lipinski definition) is 4. The van der Waals surface area contributed by atoms with Crippen molar-refractivity contribution >= 4 is 17.6 Å². The van der Waals surface area contributed by atoms with Crippen LogP contribution in [0.25, 0.3) is 0 Å². The van der Waals surface area contributed by atoms with E-state index >= 15 is 0 Å². The molecule has 2 heterocycles. The second-order valence-corrected chi connectivity index (χ2v) is 6.37. The third-order valence-electron chi connectivity index (χ3n) is 4.69. The van der Waals surface area contributed by atoms with Crippen LogP contribution < -0.4 is 10.1 Å². The average molecular weight is 342 g/mol. The first kappa shape index (κ1) is 17.0. The maximum absolute atomic E-state index is 12.4. The van der Waals surface area contributed by atoms with E-state index in [0.717, 1.165) is 23.4 Å². The number of hydrogen-bond donors (Lipinski definition) is 1. The molecule has 1 N–H and O–H groups in total. The molecule has 1 aliphatic rings. The summed E-state index contributed by atoms with van der Waals surface area (Å²) in [5, 5.41) is 6.67. The van der Waals surface area contributed by atoms with Crippen LogP contribution in [0, 0.1) is 6.92 Å². The zero-order valence-corrected chi connectivity index (χ0v) is 14.8. The van der Waals surface area contributed by atoms with E-state index in [0.29, 0.717) is 5.82 Å². The van der Waals surface area contributed by atoms with E-state index in [1.54, 1.807) is 24.8 Å². The first-order chi connectivity index (χ1) is 11.9. The number of nitrogens with one attached hydrogen (secondary N) is 1.